The normalized spacial score (nSPS) is 12.4. The average molecular weight is 291 g/mol. The summed E-state index contributed by atoms with van der Waals surface area (Å²) >= 11 is 3.41. The van der Waals surface area contributed by atoms with E-state index in [0.29, 0.717) is 6.42 Å². The predicted molar refractivity (Wildman–Crippen MR) is 74.0 cm³/mol. The number of aliphatic hydroxyl groups excluding tert-OH is 1. The molecule has 0 aliphatic carbocycles. The van der Waals surface area contributed by atoms with E-state index < -0.39 is 6.10 Å². The quantitative estimate of drug-likeness (QED) is 0.905. The summed E-state index contributed by atoms with van der Waals surface area (Å²) in [4.78, 5) is 0. The molecule has 2 heteroatoms. The summed E-state index contributed by atoms with van der Waals surface area (Å²) in [5.41, 5.74) is 3.29. The summed E-state index contributed by atoms with van der Waals surface area (Å²) in [7, 11) is 0. The summed E-state index contributed by atoms with van der Waals surface area (Å²) < 4.78 is 1.06. The van der Waals surface area contributed by atoms with Gasteiger partial charge < -0.3 is 5.11 Å². The van der Waals surface area contributed by atoms with Crippen LogP contribution in [0.2, 0.25) is 0 Å². The van der Waals surface area contributed by atoms with Gasteiger partial charge in [0, 0.05) is 10.9 Å². The fourth-order valence-electron chi connectivity index (χ4n) is 1.91. The molecule has 2 aromatic carbocycles. The van der Waals surface area contributed by atoms with Gasteiger partial charge in [-0.05, 0) is 35.7 Å². The summed E-state index contributed by atoms with van der Waals surface area (Å²) in [6.07, 6.45) is 0.218. The third-order valence-corrected chi connectivity index (χ3v) is 3.42. The molecule has 0 saturated carbocycles. The first-order chi connectivity index (χ1) is 8.16. The van der Waals surface area contributed by atoms with Crippen LogP contribution < -0.4 is 0 Å². The Hall–Kier alpha value is -1.12. The van der Waals surface area contributed by atoms with E-state index in [9.17, 15) is 5.11 Å². The third-order valence-electron chi connectivity index (χ3n) is 2.89. The number of hydrogen-bond donors (Lipinski definition) is 1. The molecule has 0 radical (unpaired) electrons. The van der Waals surface area contributed by atoms with Crippen molar-refractivity contribution in [1.29, 1.82) is 0 Å². The molecule has 2 rings (SSSR count). The average Bonchev–Trinajstić information content (AvgIpc) is 2.32. The maximum absolute atomic E-state index is 10.2. The Morgan fingerprint density at radius 2 is 1.71 bits per heavy atom. The van der Waals surface area contributed by atoms with Crippen LogP contribution in [0.5, 0.6) is 0 Å². The van der Waals surface area contributed by atoms with Crippen molar-refractivity contribution in [3.63, 3.8) is 0 Å². The third kappa shape index (κ3) is 3.18. The van der Waals surface area contributed by atoms with E-state index in [1.165, 1.54) is 0 Å². The predicted octanol–water partition coefficient (Wildman–Crippen LogP) is 4.03. The maximum atomic E-state index is 10.2. The van der Waals surface area contributed by atoms with Crippen molar-refractivity contribution in [2.45, 2.75) is 19.4 Å². The summed E-state index contributed by atoms with van der Waals surface area (Å²) in [6.45, 7) is 2.03. The minimum absolute atomic E-state index is 0.433. The molecule has 17 heavy (non-hydrogen) atoms. The number of halogens is 1. The van der Waals surface area contributed by atoms with Crippen molar-refractivity contribution in [1.82, 2.24) is 0 Å². The van der Waals surface area contributed by atoms with Crippen LogP contribution in [0.1, 0.15) is 22.8 Å². The van der Waals surface area contributed by atoms with Crippen molar-refractivity contribution < 1.29 is 5.11 Å². The Labute approximate surface area is 110 Å². The van der Waals surface area contributed by atoms with Gasteiger partial charge in [0.05, 0.1) is 6.10 Å². The Bertz CT molecular complexity index is 491. The zero-order chi connectivity index (χ0) is 12.3. The second-order valence-electron chi connectivity index (χ2n) is 4.20. The standard InChI is InChI=1S/C15H15BrO/c1-11-4-2-3-5-14(11)15(17)10-12-6-8-13(16)9-7-12/h2-9,15,17H,10H2,1H3. The summed E-state index contributed by atoms with van der Waals surface area (Å²) in [5.74, 6) is 0. The highest BCUT2D eigenvalue weighted by atomic mass is 79.9. The molecular weight excluding hydrogens is 276 g/mol. The second kappa shape index (κ2) is 5.48. The van der Waals surface area contributed by atoms with E-state index in [4.69, 9.17) is 0 Å². The smallest absolute Gasteiger partial charge is 0.0832 e. The van der Waals surface area contributed by atoms with E-state index in [-0.39, 0.29) is 0 Å². The lowest BCUT2D eigenvalue weighted by atomic mass is 9.98. The topological polar surface area (TPSA) is 20.2 Å². The molecule has 1 N–H and O–H groups in total. The molecule has 0 bridgehead atoms. The summed E-state index contributed by atoms with van der Waals surface area (Å²) in [6, 6.07) is 16.0. The van der Waals surface area contributed by atoms with Crippen LogP contribution in [-0.2, 0) is 6.42 Å². The first kappa shape index (κ1) is 12.3. The monoisotopic (exact) mass is 290 g/mol. The molecule has 0 aromatic heterocycles. The molecule has 1 nitrogen and oxygen atoms in total. The Kier molecular flexibility index (Phi) is 3.97. The number of benzene rings is 2. The molecular formula is C15H15BrO. The van der Waals surface area contributed by atoms with Crippen molar-refractivity contribution in [2.24, 2.45) is 0 Å². The highest BCUT2D eigenvalue weighted by Gasteiger charge is 2.10. The lowest BCUT2D eigenvalue weighted by Crippen LogP contribution is -2.03. The van der Waals surface area contributed by atoms with Crippen LogP contribution >= 0.6 is 15.9 Å². The summed E-state index contributed by atoms with van der Waals surface area (Å²) in [5, 5.41) is 10.2. The molecule has 1 unspecified atom stereocenters. The lowest BCUT2D eigenvalue weighted by Gasteiger charge is -2.13. The Balaban J connectivity index is 2.14. The van der Waals surface area contributed by atoms with Gasteiger partial charge in [0.1, 0.15) is 0 Å². The van der Waals surface area contributed by atoms with Gasteiger partial charge in [0.15, 0.2) is 0 Å². The first-order valence-electron chi connectivity index (χ1n) is 5.65. The molecule has 0 heterocycles. The SMILES string of the molecule is Cc1ccccc1C(O)Cc1ccc(Br)cc1. The first-order valence-corrected chi connectivity index (χ1v) is 6.44. The molecule has 88 valence electrons. The largest absolute Gasteiger partial charge is 0.388 e. The van der Waals surface area contributed by atoms with Crippen LogP contribution in [0, 0.1) is 6.92 Å². The zero-order valence-electron chi connectivity index (χ0n) is 9.73. The van der Waals surface area contributed by atoms with Crippen LogP contribution in [0.4, 0.5) is 0 Å². The minimum atomic E-state index is -0.433. The van der Waals surface area contributed by atoms with Crippen LogP contribution in [0.15, 0.2) is 53.0 Å². The molecule has 0 fully saturated rings. The number of aliphatic hydroxyl groups is 1. The molecule has 0 saturated heterocycles. The van der Waals surface area contributed by atoms with Crippen LogP contribution in [0.25, 0.3) is 0 Å². The van der Waals surface area contributed by atoms with Crippen molar-refractivity contribution in [2.75, 3.05) is 0 Å². The van der Waals surface area contributed by atoms with Gasteiger partial charge in [-0.15, -0.1) is 0 Å². The van der Waals surface area contributed by atoms with E-state index in [1.807, 2.05) is 55.5 Å². The van der Waals surface area contributed by atoms with Gasteiger partial charge >= 0.3 is 0 Å². The van der Waals surface area contributed by atoms with Crippen molar-refractivity contribution in [3.05, 3.63) is 69.7 Å². The molecule has 0 spiro atoms. The van der Waals surface area contributed by atoms with Gasteiger partial charge in [-0.25, -0.2) is 0 Å². The molecule has 0 aliphatic rings. The highest BCUT2D eigenvalue weighted by Crippen LogP contribution is 2.22. The molecule has 0 amide bonds. The van der Waals surface area contributed by atoms with E-state index in [2.05, 4.69) is 15.9 Å². The van der Waals surface area contributed by atoms with Gasteiger partial charge in [-0.3, -0.25) is 0 Å². The van der Waals surface area contributed by atoms with Gasteiger partial charge in [0.2, 0.25) is 0 Å². The van der Waals surface area contributed by atoms with Crippen LogP contribution in [-0.4, -0.2) is 5.11 Å². The van der Waals surface area contributed by atoms with Crippen molar-refractivity contribution in [3.8, 4) is 0 Å². The fourth-order valence-corrected chi connectivity index (χ4v) is 2.18. The minimum Gasteiger partial charge on any atom is -0.388 e. The van der Waals surface area contributed by atoms with E-state index in [1.54, 1.807) is 0 Å². The van der Waals surface area contributed by atoms with E-state index >= 15 is 0 Å². The highest BCUT2D eigenvalue weighted by molar-refractivity contribution is 9.10. The lowest BCUT2D eigenvalue weighted by molar-refractivity contribution is 0.177. The second-order valence-corrected chi connectivity index (χ2v) is 5.12. The van der Waals surface area contributed by atoms with Gasteiger partial charge in [0.25, 0.3) is 0 Å². The van der Waals surface area contributed by atoms with E-state index in [0.717, 1.165) is 21.2 Å². The van der Waals surface area contributed by atoms with Gasteiger partial charge in [-0.2, -0.15) is 0 Å². The molecule has 2 aromatic rings. The number of rotatable bonds is 3. The zero-order valence-corrected chi connectivity index (χ0v) is 11.3. The Morgan fingerprint density at radius 1 is 1.06 bits per heavy atom. The Morgan fingerprint density at radius 3 is 2.35 bits per heavy atom. The number of aryl methyl sites for hydroxylation is 1. The molecule has 0 aliphatic heterocycles. The van der Waals surface area contributed by atoms with Crippen molar-refractivity contribution >= 4 is 15.9 Å². The number of hydrogen-bond acceptors (Lipinski definition) is 1. The van der Waals surface area contributed by atoms with Crippen LogP contribution in [0.3, 0.4) is 0 Å². The fraction of sp³-hybridized carbons (Fsp3) is 0.200. The van der Waals surface area contributed by atoms with Gasteiger partial charge in [-0.1, -0.05) is 52.3 Å². The molecule has 1 atom stereocenters. The maximum Gasteiger partial charge on any atom is 0.0832 e.